The maximum atomic E-state index is 12.5. The molecule has 0 aromatic heterocycles. The van der Waals surface area contributed by atoms with E-state index >= 15 is 0 Å². The number of carbonyl (C=O) groups excluding carboxylic acids is 1. The molecule has 1 atom stereocenters. The third kappa shape index (κ3) is 5.62. The summed E-state index contributed by atoms with van der Waals surface area (Å²) in [5, 5.41) is 6.38. The highest BCUT2D eigenvalue weighted by atomic mass is 127. The molecular formula is C17H27IN4O2. The maximum absolute atomic E-state index is 12.5. The van der Waals surface area contributed by atoms with E-state index in [-0.39, 0.29) is 42.5 Å². The highest BCUT2D eigenvalue weighted by molar-refractivity contribution is 14.0. The Morgan fingerprint density at radius 1 is 1.42 bits per heavy atom. The molecule has 0 saturated carbocycles. The minimum absolute atomic E-state index is 0. The second-order valence-electron chi connectivity index (χ2n) is 5.62. The Hall–Kier alpha value is -1.35. The van der Waals surface area contributed by atoms with E-state index < -0.39 is 0 Å². The zero-order valence-electron chi connectivity index (χ0n) is 14.5. The number of hydrogen-bond donors (Lipinski definition) is 2. The smallest absolute Gasteiger partial charge is 0.248 e. The number of anilines is 1. The average Bonchev–Trinajstić information content (AvgIpc) is 2.97. The first-order valence-corrected chi connectivity index (χ1v) is 8.07. The predicted octanol–water partition coefficient (Wildman–Crippen LogP) is 1.78. The standard InChI is InChI=1S/C17H26N4O2.HI/c1-4-18-17(20-13(2)12-23-3)19-11-16(22)21-10-9-14-7-5-6-8-15(14)21;/h5-8,13H,4,9-12H2,1-3H3,(H2,18,19,20);1H. The molecule has 0 spiro atoms. The molecule has 6 nitrogen and oxygen atoms in total. The SMILES string of the molecule is CCNC(=NCC(=O)N1CCc2ccccc21)NC(C)COC.I. The zero-order chi connectivity index (χ0) is 16.7. The van der Waals surface area contributed by atoms with Gasteiger partial charge in [0.05, 0.1) is 6.61 Å². The van der Waals surface area contributed by atoms with Crippen LogP contribution in [0.1, 0.15) is 19.4 Å². The largest absolute Gasteiger partial charge is 0.383 e. The highest BCUT2D eigenvalue weighted by Gasteiger charge is 2.23. The zero-order valence-corrected chi connectivity index (χ0v) is 16.9. The highest BCUT2D eigenvalue weighted by Crippen LogP contribution is 2.27. The second-order valence-corrected chi connectivity index (χ2v) is 5.62. The van der Waals surface area contributed by atoms with Gasteiger partial charge in [-0.1, -0.05) is 18.2 Å². The van der Waals surface area contributed by atoms with Gasteiger partial charge in [-0.05, 0) is 31.9 Å². The van der Waals surface area contributed by atoms with Crippen LogP contribution in [0.3, 0.4) is 0 Å². The molecule has 24 heavy (non-hydrogen) atoms. The Morgan fingerprint density at radius 3 is 2.88 bits per heavy atom. The van der Waals surface area contributed by atoms with Crippen molar-refractivity contribution in [2.45, 2.75) is 26.3 Å². The average molecular weight is 446 g/mol. The molecule has 1 aromatic rings. The van der Waals surface area contributed by atoms with Crippen LogP contribution in [0.2, 0.25) is 0 Å². The third-order valence-corrected chi connectivity index (χ3v) is 3.70. The molecule has 1 aromatic carbocycles. The molecule has 0 aliphatic carbocycles. The number of nitrogens with zero attached hydrogens (tertiary/aromatic N) is 2. The summed E-state index contributed by atoms with van der Waals surface area (Å²) >= 11 is 0. The van der Waals surface area contributed by atoms with Crippen LogP contribution in [0.5, 0.6) is 0 Å². The fraction of sp³-hybridized carbons (Fsp3) is 0.529. The second kappa shape index (κ2) is 10.5. The number of para-hydroxylation sites is 1. The molecule has 1 heterocycles. The van der Waals surface area contributed by atoms with Crippen LogP contribution in [-0.4, -0.2) is 51.3 Å². The topological polar surface area (TPSA) is 66.0 Å². The number of aliphatic imine (C=N–C) groups is 1. The third-order valence-electron chi connectivity index (χ3n) is 3.70. The monoisotopic (exact) mass is 446 g/mol. The minimum atomic E-state index is 0. The van der Waals surface area contributed by atoms with Gasteiger partial charge in [-0.3, -0.25) is 4.79 Å². The summed E-state index contributed by atoms with van der Waals surface area (Å²) in [7, 11) is 1.66. The number of halogens is 1. The molecule has 1 aliphatic heterocycles. The number of nitrogens with one attached hydrogen (secondary N) is 2. The lowest BCUT2D eigenvalue weighted by Crippen LogP contribution is -2.44. The van der Waals surface area contributed by atoms with Crippen molar-refractivity contribution in [3.05, 3.63) is 29.8 Å². The van der Waals surface area contributed by atoms with E-state index in [1.54, 1.807) is 7.11 Å². The van der Waals surface area contributed by atoms with Crippen molar-refractivity contribution in [3.63, 3.8) is 0 Å². The van der Waals surface area contributed by atoms with Crippen molar-refractivity contribution >= 4 is 41.5 Å². The number of benzene rings is 1. The Morgan fingerprint density at radius 2 is 2.17 bits per heavy atom. The molecule has 0 saturated heterocycles. The molecule has 1 unspecified atom stereocenters. The van der Waals surface area contributed by atoms with Crippen LogP contribution < -0.4 is 15.5 Å². The number of carbonyl (C=O) groups is 1. The summed E-state index contributed by atoms with van der Waals surface area (Å²) in [6, 6.07) is 8.17. The van der Waals surface area contributed by atoms with Crippen molar-refractivity contribution in [1.29, 1.82) is 0 Å². The number of hydrogen-bond acceptors (Lipinski definition) is 3. The van der Waals surface area contributed by atoms with E-state index in [2.05, 4.69) is 21.7 Å². The van der Waals surface area contributed by atoms with Crippen molar-refractivity contribution in [3.8, 4) is 0 Å². The van der Waals surface area contributed by atoms with Gasteiger partial charge in [0.2, 0.25) is 5.91 Å². The molecule has 1 aliphatic rings. The van der Waals surface area contributed by atoms with Gasteiger partial charge in [0, 0.05) is 31.9 Å². The summed E-state index contributed by atoms with van der Waals surface area (Å²) in [6.45, 7) is 6.19. The van der Waals surface area contributed by atoms with Gasteiger partial charge >= 0.3 is 0 Å². The fourth-order valence-corrected chi connectivity index (χ4v) is 2.67. The number of rotatable bonds is 6. The van der Waals surface area contributed by atoms with Gasteiger partial charge in [0.1, 0.15) is 6.54 Å². The molecule has 134 valence electrons. The van der Waals surface area contributed by atoms with Crippen LogP contribution in [-0.2, 0) is 16.0 Å². The van der Waals surface area contributed by atoms with Crippen molar-refractivity contribution in [2.75, 3.05) is 38.3 Å². The molecule has 2 rings (SSSR count). The maximum Gasteiger partial charge on any atom is 0.248 e. The fourth-order valence-electron chi connectivity index (χ4n) is 2.67. The lowest BCUT2D eigenvalue weighted by molar-refractivity contribution is -0.117. The number of ether oxygens (including phenoxy) is 1. The first-order chi connectivity index (χ1) is 11.2. The van der Waals surface area contributed by atoms with E-state index in [4.69, 9.17) is 4.74 Å². The molecule has 0 fully saturated rings. The lowest BCUT2D eigenvalue weighted by atomic mass is 10.2. The predicted molar refractivity (Wildman–Crippen MR) is 108 cm³/mol. The van der Waals surface area contributed by atoms with Crippen molar-refractivity contribution in [1.82, 2.24) is 10.6 Å². The summed E-state index contributed by atoms with van der Waals surface area (Å²) in [5.41, 5.74) is 2.24. The van der Waals surface area contributed by atoms with E-state index in [1.165, 1.54) is 5.56 Å². The van der Waals surface area contributed by atoms with E-state index in [0.29, 0.717) is 12.6 Å². The van der Waals surface area contributed by atoms with Gasteiger partial charge in [-0.15, -0.1) is 24.0 Å². The molecule has 0 bridgehead atoms. The first kappa shape index (κ1) is 20.7. The van der Waals surface area contributed by atoms with Gasteiger partial charge in [-0.2, -0.15) is 0 Å². The molecule has 2 N–H and O–H groups in total. The summed E-state index contributed by atoms with van der Waals surface area (Å²) in [5.74, 6) is 0.657. The van der Waals surface area contributed by atoms with Crippen LogP contribution in [0.15, 0.2) is 29.3 Å². The van der Waals surface area contributed by atoms with Crippen LogP contribution in [0.25, 0.3) is 0 Å². The van der Waals surface area contributed by atoms with Gasteiger partial charge in [0.15, 0.2) is 5.96 Å². The van der Waals surface area contributed by atoms with E-state index in [0.717, 1.165) is 25.2 Å². The number of guanidine groups is 1. The van der Waals surface area contributed by atoms with Crippen LogP contribution in [0, 0.1) is 0 Å². The molecule has 7 heteroatoms. The van der Waals surface area contributed by atoms with E-state index in [1.807, 2.05) is 36.9 Å². The Balaban J connectivity index is 0.00000288. The first-order valence-electron chi connectivity index (χ1n) is 8.07. The quantitative estimate of drug-likeness (QED) is 0.398. The van der Waals surface area contributed by atoms with Crippen LogP contribution in [0.4, 0.5) is 5.69 Å². The summed E-state index contributed by atoms with van der Waals surface area (Å²) in [4.78, 5) is 18.7. The number of amides is 1. The van der Waals surface area contributed by atoms with Gasteiger partial charge in [0.25, 0.3) is 0 Å². The van der Waals surface area contributed by atoms with Crippen LogP contribution >= 0.6 is 24.0 Å². The molecular weight excluding hydrogens is 419 g/mol. The Labute approximate surface area is 161 Å². The van der Waals surface area contributed by atoms with Crippen molar-refractivity contribution < 1.29 is 9.53 Å². The summed E-state index contributed by atoms with van der Waals surface area (Å²) < 4.78 is 5.11. The number of fused-ring (bicyclic) bond motifs is 1. The lowest BCUT2D eigenvalue weighted by Gasteiger charge is -2.19. The van der Waals surface area contributed by atoms with E-state index in [9.17, 15) is 4.79 Å². The van der Waals surface area contributed by atoms with Crippen molar-refractivity contribution in [2.24, 2.45) is 4.99 Å². The Bertz CT molecular complexity index is 565. The molecule has 0 radical (unpaired) electrons. The van der Waals surface area contributed by atoms with Gasteiger partial charge < -0.3 is 20.3 Å². The van der Waals surface area contributed by atoms with Gasteiger partial charge in [-0.25, -0.2) is 4.99 Å². The summed E-state index contributed by atoms with van der Waals surface area (Å²) in [6.07, 6.45) is 0.912. The molecule has 1 amide bonds. The number of methoxy groups -OCH3 is 1. The Kier molecular flexibility index (Phi) is 9.05. The normalized spacial score (nSPS) is 14.6. The minimum Gasteiger partial charge on any atom is -0.383 e.